The zero-order chi connectivity index (χ0) is 15.3. The molecule has 0 atom stereocenters. The Kier molecular flexibility index (Phi) is 6.64. The first-order valence-corrected chi connectivity index (χ1v) is 8.36. The third kappa shape index (κ3) is 10.6. The van der Waals surface area contributed by atoms with Crippen LogP contribution in [0.4, 0.5) is 0 Å². The monoisotopic (exact) mass is 319 g/mol. The van der Waals surface area contributed by atoms with Crippen LogP contribution in [-0.4, -0.2) is 60.6 Å². The summed E-state index contributed by atoms with van der Waals surface area (Å²) in [7, 11) is -8.97. The van der Waals surface area contributed by atoms with E-state index >= 15 is 0 Å². The van der Waals surface area contributed by atoms with E-state index in [1.165, 1.54) is 0 Å². The molecule has 0 aliphatic rings. The van der Waals surface area contributed by atoms with E-state index < -0.39 is 46.1 Å². The molecule has 7 N–H and O–H groups in total. The Labute approximate surface area is 108 Å². The molecule has 13 heteroatoms. The number of hydrogen-bond donors (Lipinski definition) is 6. The molecule has 0 aromatic rings. The first-order valence-electron chi connectivity index (χ1n) is 4.76. The van der Waals surface area contributed by atoms with E-state index in [4.69, 9.17) is 30.4 Å². The van der Waals surface area contributed by atoms with Crippen LogP contribution in [-0.2, 0) is 13.9 Å². The topological polar surface area (TPSA) is 194 Å². The molecular weight excluding hydrogens is 304 g/mol. The van der Waals surface area contributed by atoms with Gasteiger partial charge in [0.1, 0.15) is 12.6 Å². The average molecular weight is 319 g/mol. The first kappa shape index (κ1) is 18.0. The van der Waals surface area contributed by atoms with Crippen LogP contribution in [0.1, 0.15) is 6.42 Å². The number of nitrogens with two attached hydrogens (primary N) is 1. The number of hydrogen-bond acceptors (Lipinski definition) is 4. The summed E-state index contributed by atoms with van der Waals surface area (Å²) in [6.07, 6.45) is -2.31. The summed E-state index contributed by atoms with van der Waals surface area (Å²) in [5.41, 5.74) is 5.31. The van der Waals surface area contributed by atoms with Crippen molar-refractivity contribution in [1.29, 1.82) is 0 Å². The van der Waals surface area contributed by atoms with Crippen molar-refractivity contribution in [2.45, 2.75) is 6.42 Å². The fraction of sp³-hybridized carbons (Fsp3) is 0.667. The van der Waals surface area contributed by atoms with E-state index in [0.717, 1.165) is 4.90 Å². The van der Waals surface area contributed by atoms with Crippen LogP contribution in [0.3, 0.4) is 0 Å². The van der Waals surface area contributed by atoms with Crippen LogP contribution in [0.5, 0.6) is 0 Å². The van der Waals surface area contributed by atoms with Gasteiger partial charge in [-0.05, 0) is 0 Å². The minimum Gasteiger partial charge on any atom is -0.481 e. The number of guanidine groups is 1. The summed E-state index contributed by atoms with van der Waals surface area (Å²) in [6, 6.07) is 0. The second-order valence-electron chi connectivity index (χ2n) is 3.54. The maximum atomic E-state index is 10.8. The van der Waals surface area contributed by atoms with Crippen LogP contribution in [0.15, 0.2) is 4.99 Å². The molecule has 0 aliphatic carbocycles. The summed E-state index contributed by atoms with van der Waals surface area (Å²) in [6.45, 7) is -0.350. The lowest BCUT2D eigenvalue weighted by Gasteiger charge is -2.23. The first-order chi connectivity index (χ1) is 8.41. The van der Waals surface area contributed by atoms with Crippen LogP contribution in [0.25, 0.3) is 0 Å². The number of aliphatic imine (C=N–C) groups is 1. The molecule has 0 aromatic carbocycles. The van der Waals surface area contributed by atoms with Gasteiger partial charge in [0, 0.05) is 6.54 Å². The third-order valence-electron chi connectivity index (χ3n) is 1.69. The molecule has 0 spiro atoms. The molecule has 0 heterocycles. The summed E-state index contributed by atoms with van der Waals surface area (Å²) in [5.74, 6) is -1.77. The zero-order valence-electron chi connectivity index (χ0n) is 9.66. The third-order valence-corrected chi connectivity index (χ3v) is 2.91. The number of rotatable bonds is 7. The number of carbonyl (C=O) groups is 1. The van der Waals surface area contributed by atoms with Crippen LogP contribution in [0.2, 0.25) is 0 Å². The zero-order valence-corrected chi connectivity index (χ0v) is 11.4. The Hall–Kier alpha value is -0.960. The molecule has 19 heavy (non-hydrogen) atoms. The molecule has 0 saturated carbocycles. The molecule has 0 rings (SSSR count). The van der Waals surface area contributed by atoms with Gasteiger partial charge < -0.3 is 35.3 Å². The quantitative estimate of drug-likeness (QED) is 0.180. The SMILES string of the molecule is NC(=NCP(=O)(O)O)N(CCC(=O)O)CP(=O)(O)O. The maximum Gasteiger partial charge on any atom is 0.346 e. The highest BCUT2D eigenvalue weighted by Gasteiger charge is 2.22. The van der Waals surface area contributed by atoms with Crippen molar-refractivity contribution in [2.75, 3.05) is 19.1 Å². The minimum atomic E-state index is -4.52. The van der Waals surface area contributed by atoms with Crippen molar-refractivity contribution < 1.29 is 38.6 Å². The van der Waals surface area contributed by atoms with Crippen molar-refractivity contribution in [3.05, 3.63) is 0 Å². The van der Waals surface area contributed by atoms with Crippen LogP contribution in [0, 0.1) is 0 Å². The standard InChI is InChI=1S/C6H15N3O8P2/c7-6(8-3-18(12,13)14)9(2-1-5(10)11)4-19(15,16)17/h1-4H2,(H2,7,8)(H,10,11)(H2,12,13,14)(H2,15,16,17). The van der Waals surface area contributed by atoms with E-state index in [9.17, 15) is 13.9 Å². The Morgan fingerprint density at radius 1 is 1.16 bits per heavy atom. The van der Waals surface area contributed by atoms with Gasteiger partial charge in [-0.15, -0.1) is 0 Å². The number of aliphatic carboxylic acids is 1. The second-order valence-corrected chi connectivity index (χ2v) is 6.76. The summed E-state index contributed by atoms with van der Waals surface area (Å²) < 4.78 is 21.4. The van der Waals surface area contributed by atoms with Gasteiger partial charge in [0.05, 0.1) is 6.42 Å². The lowest BCUT2D eigenvalue weighted by molar-refractivity contribution is -0.137. The van der Waals surface area contributed by atoms with E-state index in [0.29, 0.717) is 0 Å². The van der Waals surface area contributed by atoms with Gasteiger partial charge in [0.25, 0.3) is 0 Å². The molecule has 0 fully saturated rings. The Morgan fingerprint density at radius 2 is 1.68 bits per heavy atom. The number of carboxylic acids is 1. The molecule has 0 aliphatic heterocycles. The van der Waals surface area contributed by atoms with Crippen LogP contribution < -0.4 is 5.73 Å². The largest absolute Gasteiger partial charge is 0.481 e. The van der Waals surface area contributed by atoms with Gasteiger partial charge in [-0.25, -0.2) is 4.99 Å². The molecular formula is C6H15N3O8P2. The van der Waals surface area contributed by atoms with E-state index in [2.05, 4.69) is 4.99 Å². The maximum absolute atomic E-state index is 10.8. The highest BCUT2D eigenvalue weighted by molar-refractivity contribution is 7.52. The lowest BCUT2D eigenvalue weighted by atomic mass is 10.4. The molecule has 0 saturated heterocycles. The van der Waals surface area contributed by atoms with Crippen LogP contribution >= 0.6 is 15.2 Å². The Balaban J connectivity index is 4.85. The summed E-state index contributed by atoms with van der Waals surface area (Å²) in [5, 5.41) is 8.48. The fourth-order valence-electron chi connectivity index (χ4n) is 0.975. The van der Waals surface area contributed by atoms with Crippen molar-refractivity contribution in [3.8, 4) is 0 Å². The highest BCUT2D eigenvalue weighted by atomic mass is 31.2. The predicted octanol–water partition coefficient (Wildman–Crippen LogP) is -1.65. The summed E-state index contributed by atoms with van der Waals surface area (Å²) >= 11 is 0. The molecule has 0 aromatic heterocycles. The van der Waals surface area contributed by atoms with Gasteiger partial charge in [0.2, 0.25) is 0 Å². The molecule has 0 bridgehead atoms. The fourth-order valence-corrected chi connectivity index (χ4v) is 2.04. The van der Waals surface area contributed by atoms with Crippen molar-refractivity contribution >= 4 is 27.1 Å². The van der Waals surface area contributed by atoms with Gasteiger partial charge in [0.15, 0.2) is 5.96 Å². The highest BCUT2D eigenvalue weighted by Crippen LogP contribution is 2.36. The van der Waals surface area contributed by atoms with E-state index in [-0.39, 0.29) is 6.54 Å². The van der Waals surface area contributed by atoms with Gasteiger partial charge in [-0.3, -0.25) is 13.9 Å². The van der Waals surface area contributed by atoms with Crippen molar-refractivity contribution in [1.82, 2.24) is 4.90 Å². The van der Waals surface area contributed by atoms with Gasteiger partial charge in [-0.1, -0.05) is 0 Å². The molecule has 112 valence electrons. The Bertz CT molecular complexity index is 440. The van der Waals surface area contributed by atoms with Gasteiger partial charge in [-0.2, -0.15) is 0 Å². The Morgan fingerprint density at radius 3 is 2.05 bits per heavy atom. The van der Waals surface area contributed by atoms with E-state index in [1.807, 2.05) is 0 Å². The van der Waals surface area contributed by atoms with Crippen molar-refractivity contribution in [2.24, 2.45) is 10.7 Å². The number of carboxylic acid groups (broad SMARTS) is 1. The smallest absolute Gasteiger partial charge is 0.346 e. The summed E-state index contributed by atoms with van der Waals surface area (Å²) in [4.78, 5) is 49.2. The molecule has 11 nitrogen and oxygen atoms in total. The predicted molar refractivity (Wildman–Crippen MR) is 64.4 cm³/mol. The molecule has 0 radical (unpaired) electrons. The minimum absolute atomic E-state index is 0.350. The molecule has 0 amide bonds. The average Bonchev–Trinajstić information content (AvgIpc) is 2.17. The lowest BCUT2D eigenvalue weighted by Crippen LogP contribution is -2.39. The normalized spacial score (nSPS) is 13.4. The molecule has 0 unspecified atom stereocenters. The van der Waals surface area contributed by atoms with Gasteiger partial charge >= 0.3 is 21.2 Å². The van der Waals surface area contributed by atoms with E-state index in [1.54, 1.807) is 0 Å². The van der Waals surface area contributed by atoms with Crippen molar-refractivity contribution in [3.63, 3.8) is 0 Å². The number of nitrogens with zero attached hydrogens (tertiary/aromatic N) is 2. The second kappa shape index (κ2) is 6.99.